The van der Waals surface area contributed by atoms with Crippen LogP contribution in [0.3, 0.4) is 0 Å². The Morgan fingerprint density at radius 2 is 1.67 bits per heavy atom. The van der Waals surface area contributed by atoms with Crippen molar-refractivity contribution >= 4 is 40.5 Å². The summed E-state index contributed by atoms with van der Waals surface area (Å²) in [6.45, 7) is 2.09. The zero-order chi connectivity index (χ0) is 25.5. The van der Waals surface area contributed by atoms with Crippen molar-refractivity contribution < 1.29 is 29.3 Å². The second-order valence-corrected chi connectivity index (χ2v) is 8.67. The summed E-state index contributed by atoms with van der Waals surface area (Å²) < 4.78 is 11.1. The smallest absolute Gasteiger partial charge is 0.344 e. The molecule has 1 aliphatic rings. The van der Waals surface area contributed by atoms with E-state index in [0.29, 0.717) is 26.9 Å². The van der Waals surface area contributed by atoms with Crippen molar-refractivity contribution in [1.82, 2.24) is 0 Å². The number of ether oxygens (including phenoxy) is 2. The Morgan fingerprint density at radius 3 is 2.36 bits per heavy atom. The highest BCUT2D eigenvalue weighted by Crippen LogP contribution is 2.41. The molecule has 1 aliphatic heterocycles. The van der Waals surface area contributed by atoms with Gasteiger partial charge in [0.1, 0.15) is 28.7 Å². The van der Waals surface area contributed by atoms with Gasteiger partial charge in [-0.15, -0.1) is 0 Å². The first-order chi connectivity index (χ1) is 17.5. The molecule has 8 heteroatoms. The van der Waals surface area contributed by atoms with E-state index >= 15 is 0 Å². The molecule has 2 N–H and O–H groups in total. The van der Waals surface area contributed by atoms with Gasteiger partial charge in [-0.05, 0) is 48.9 Å². The number of esters is 1. The van der Waals surface area contributed by atoms with Crippen molar-refractivity contribution in [2.45, 2.75) is 13.5 Å². The number of thioether (sulfide) groups is 1. The molecular formula is C28H23NO6S. The van der Waals surface area contributed by atoms with E-state index in [-0.39, 0.29) is 30.1 Å². The quantitative estimate of drug-likeness (QED) is 0.356. The number of aliphatic hydroxyl groups excluding tert-OH is 1. The predicted molar refractivity (Wildman–Crippen MR) is 140 cm³/mol. The highest BCUT2D eigenvalue weighted by atomic mass is 32.2. The maximum Gasteiger partial charge on any atom is 0.344 e. The number of carbonyl (C=O) groups is 2. The molecule has 0 saturated carbocycles. The molecule has 3 aromatic rings. The molecule has 0 bridgehead atoms. The molecule has 182 valence electrons. The van der Waals surface area contributed by atoms with Gasteiger partial charge >= 0.3 is 11.9 Å². The van der Waals surface area contributed by atoms with E-state index in [2.05, 4.69) is 4.99 Å². The highest BCUT2D eigenvalue weighted by molar-refractivity contribution is 8.18. The van der Waals surface area contributed by atoms with Crippen molar-refractivity contribution in [3.63, 3.8) is 0 Å². The Morgan fingerprint density at radius 1 is 0.972 bits per heavy atom. The van der Waals surface area contributed by atoms with Crippen LogP contribution < -0.4 is 4.74 Å². The van der Waals surface area contributed by atoms with Gasteiger partial charge in [-0.25, -0.2) is 14.6 Å². The van der Waals surface area contributed by atoms with Gasteiger partial charge < -0.3 is 19.7 Å². The SMILES string of the molecule is CCOC(=O)C1=C(O)/C(=C/c2ccccc2OCc2ccc(C(=O)O)cc2)SC1=Nc1ccccc1. The summed E-state index contributed by atoms with van der Waals surface area (Å²) in [5.41, 5.74) is 2.37. The van der Waals surface area contributed by atoms with Crippen LogP contribution in [0.25, 0.3) is 6.08 Å². The number of aliphatic imine (C=N–C) groups is 1. The fourth-order valence-corrected chi connectivity index (χ4v) is 4.41. The van der Waals surface area contributed by atoms with Gasteiger partial charge in [-0.1, -0.05) is 60.3 Å². The maximum atomic E-state index is 12.6. The van der Waals surface area contributed by atoms with Crippen molar-refractivity contribution in [3.8, 4) is 5.75 Å². The summed E-state index contributed by atoms with van der Waals surface area (Å²) >= 11 is 1.17. The molecule has 0 atom stereocenters. The number of hydrogen-bond acceptors (Lipinski definition) is 7. The lowest BCUT2D eigenvalue weighted by molar-refractivity contribution is -0.138. The second kappa shape index (κ2) is 11.4. The molecule has 1 heterocycles. The van der Waals surface area contributed by atoms with Crippen LogP contribution in [-0.4, -0.2) is 33.8 Å². The standard InChI is InChI=1S/C28H23NO6S/c1-2-34-28(33)24-25(30)23(36-26(24)29-21-9-4-3-5-10-21)16-20-8-6-7-11-22(20)35-17-18-12-14-19(15-13-18)27(31)32/h3-16,30H,2,17H2,1H3,(H,31,32)/b23-16-,29-26?. The third-order valence-electron chi connectivity index (χ3n) is 5.16. The summed E-state index contributed by atoms with van der Waals surface area (Å²) in [5.74, 6) is -1.27. The van der Waals surface area contributed by atoms with Gasteiger partial charge in [0.05, 0.1) is 22.8 Å². The molecule has 0 unspecified atom stereocenters. The van der Waals surface area contributed by atoms with Gasteiger partial charge in [0, 0.05) is 5.56 Å². The minimum atomic E-state index is -0.987. The molecule has 3 aromatic carbocycles. The highest BCUT2D eigenvalue weighted by Gasteiger charge is 2.33. The number of aliphatic hydroxyl groups is 1. The molecule has 0 saturated heterocycles. The minimum absolute atomic E-state index is 0.0221. The van der Waals surface area contributed by atoms with Crippen LogP contribution >= 0.6 is 11.8 Å². The summed E-state index contributed by atoms with van der Waals surface area (Å²) in [6, 6.07) is 22.9. The predicted octanol–water partition coefficient (Wildman–Crippen LogP) is 6.16. The minimum Gasteiger partial charge on any atom is -0.506 e. The molecule has 0 amide bonds. The summed E-state index contributed by atoms with van der Waals surface area (Å²) in [7, 11) is 0. The average molecular weight is 502 g/mol. The summed E-state index contributed by atoms with van der Waals surface area (Å²) in [4.78, 5) is 28.7. The Kier molecular flexibility index (Phi) is 7.87. The number of rotatable bonds is 8. The van der Waals surface area contributed by atoms with Crippen molar-refractivity contribution in [2.75, 3.05) is 6.61 Å². The van der Waals surface area contributed by atoms with Crippen LogP contribution in [0.15, 0.2) is 100 Å². The molecule has 0 aromatic heterocycles. The van der Waals surface area contributed by atoms with Crippen LogP contribution in [-0.2, 0) is 16.1 Å². The van der Waals surface area contributed by atoms with Crippen LogP contribution in [0.2, 0.25) is 0 Å². The number of carbonyl (C=O) groups excluding carboxylic acids is 1. The molecule has 36 heavy (non-hydrogen) atoms. The van der Waals surface area contributed by atoms with E-state index in [1.165, 1.54) is 23.9 Å². The fraction of sp³-hybridized carbons (Fsp3) is 0.107. The third-order valence-corrected chi connectivity index (χ3v) is 6.18. The zero-order valence-electron chi connectivity index (χ0n) is 19.4. The van der Waals surface area contributed by atoms with Gasteiger partial charge in [-0.3, -0.25) is 0 Å². The Labute approximate surface area is 212 Å². The number of nitrogens with zero attached hydrogens (tertiary/aromatic N) is 1. The Balaban J connectivity index is 1.62. The number of carboxylic acid groups (broad SMARTS) is 1. The van der Waals surface area contributed by atoms with Gasteiger partial charge in [0.15, 0.2) is 0 Å². The molecule has 7 nitrogen and oxygen atoms in total. The second-order valence-electron chi connectivity index (χ2n) is 7.64. The first-order valence-electron chi connectivity index (χ1n) is 11.1. The topological polar surface area (TPSA) is 105 Å². The van der Waals surface area contributed by atoms with E-state index in [1.807, 2.05) is 36.4 Å². The van der Waals surface area contributed by atoms with Crippen LogP contribution in [0, 0.1) is 0 Å². The van der Waals surface area contributed by atoms with Gasteiger partial charge in [0.25, 0.3) is 0 Å². The Bertz CT molecular complexity index is 1360. The largest absolute Gasteiger partial charge is 0.506 e. The van der Waals surface area contributed by atoms with E-state index < -0.39 is 11.9 Å². The van der Waals surface area contributed by atoms with Crippen molar-refractivity contribution in [1.29, 1.82) is 0 Å². The van der Waals surface area contributed by atoms with Crippen molar-refractivity contribution in [3.05, 3.63) is 112 Å². The molecule has 0 radical (unpaired) electrons. The first-order valence-corrected chi connectivity index (χ1v) is 12.0. The molecule has 4 rings (SSSR count). The van der Waals surface area contributed by atoms with E-state index in [4.69, 9.17) is 14.6 Å². The maximum absolute atomic E-state index is 12.6. The fourth-order valence-electron chi connectivity index (χ4n) is 3.39. The third kappa shape index (κ3) is 5.84. The lowest BCUT2D eigenvalue weighted by Crippen LogP contribution is -2.12. The van der Waals surface area contributed by atoms with E-state index in [1.54, 1.807) is 43.3 Å². The molecule has 0 fully saturated rings. The zero-order valence-corrected chi connectivity index (χ0v) is 20.2. The number of carboxylic acids is 1. The van der Waals surface area contributed by atoms with E-state index in [9.17, 15) is 14.7 Å². The first kappa shape index (κ1) is 24.8. The average Bonchev–Trinajstić information content (AvgIpc) is 3.18. The van der Waals surface area contributed by atoms with E-state index in [0.717, 1.165) is 5.56 Å². The number of para-hydroxylation sites is 2. The summed E-state index contributed by atoms with van der Waals surface area (Å²) in [6.07, 6.45) is 1.73. The Hall–Kier alpha value is -4.30. The number of aromatic carboxylic acids is 1. The monoisotopic (exact) mass is 501 g/mol. The lowest BCUT2D eigenvalue weighted by atomic mass is 10.1. The van der Waals surface area contributed by atoms with Crippen LogP contribution in [0.1, 0.15) is 28.4 Å². The number of benzene rings is 3. The van der Waals surface area contributed by atoms with Crippen LogP contribution in [0.5, 0.6) is 5.75 Å². The van der Waals surface area contributed by atoms with Crippen LogP contribution in [0.4, 0.5) is 5.69 Å². The molecule has 0 spiro atoms. The normalized spacial score (nSPS) is 15.4. The lowest BCUT2D eigenvalue weighted by Gasteiger charge is -2.10. The van der Waals surface area contributed by atoms with Crippen molar-refractivity contribution in [2.24, 2.45) is 4.99 Å². The summed E-state index contributed by atoms with van der Waals surface area (Å²) in [5, 5.41) is 20.4. The molecular weight excluding hydrogens is 478 g/mol. The van der Waals surface area contributed by atoms with Gasteiger partial charge in [-0.2, -0.15) is 0 Å². The van der Waals surface area contributed by atoms with Gasteiger partial charge in [0.2, 0.25) is 0 Å². The molecule has 0 aliphatic carbocycles. The number of hydrogen-bond donors (Lipinski definition) is 2.